The summed E-state index contributed by atoms with van der Waals surface area (Å²) < 4.78 is 21.1. The predicted molar refractivity (Wildman–Crippen MR) is 117 cm³/mol. The van der Waals surface area contributed by atoms with Crippen molar-refractivity contribution in [2.75, 3.05) is 38.6 Å². The van der Waals surface area contributed by atoms with E-state index in [0.29, 0.717) is 30.8 Å². The van der Waals surface area contributed by atoms with Gasteiger partial charge < -0.3 is 15.8 Å². The molecule has 1 unspecified atom stereocenters. The topological polar surface area (TPSA) is 111 Å². The minimum Gasteiger partial charge on any atom is -0.379 e. The van der Waals surface area contributed by atoms with E-state index in [4.69, 9.17) is 10.5 Å². The largest absolute Gasteiger partial charge is 0.379 e. The summed E-state index contributed by atoms with van der Waals surface area (Å²) in [6.45, 7) is 3.20. The number of carbonyl (C=O) groups is 1. The Balaban J connectivity index is 1.42. The first kappa shape index (κ1) is 20.3. The number of benzene rings is 1. The van der Waals surface area contributed by atoms with E-state index in [-0.39, 0.29) is 29.1 Å². The Morgan fingerprint density at radius 2 is 2.06 bits per heavy atom. The number of amides is 1. The summed E-state index contributed by atoms with van der Waals surface area (Å²) in [5.74, 6) is -0.777. The van der Waals surface area contributed by atoms with Gasteiger partial charge in [0, 0.05) is 43.6 Å². The zero-order chi connectivity index (χ0) is 22.1. The second-order valence-corrected chi connectivity index (χ2v) is 7.59. The smallest absolute Gasteiger partial charge is 0.271 e. The van der Waals surface area contributed by atoms with E-state index in [0.717, 1.165) is 18.7 Å². The van der Waals surface area contributed by atoms with Crippen LogP contribution in [0.3, 0.4) is 0 Å². The summed E-state index contributed by atoms with van der Waals surface area (Å²) in [5, 5.41) is 3.46. The van der Waals surface area contributed by atoms with Gasteiger partial charge >= 0.3 is 0 Å². The summed E-state index contributed by atoms with van der Waals surface area (Å²) >= 11 is 0. The molecule has 4 heterocycles. The fourth-order valence-electron chi connectivity index (χ4n) is 4.03. The van der Waals surface area contributed by atoms with Crippen LogP contribution in [0, 0.1) is 5.82 Å². The van der Waals surface area contributed by atoms with E-state index in [1.807, 2.05) is 18.3 Å². The van der Waals surface area contributed by atoms with Crippen molar-refractivity contribution < 1.29 is 13.9 Å². The zero-order valence-corrected chi connectivity index (χ0v) is 17.2. The number of nitrogens with zero attached hydrogens (tertiary/aromatic N) is 5. The Hall–Kier alpha value is -3.63. The van der Waals surface area contributed by atoms with Gasteiger partial charge in [-0.25, -0.2) is 14.4 Å². The number of fused-ring (bicyclic) bond motifs is 3. The van der Waals surface area contributed by atoms with E-state index >= 15 is 0 Å². The van der Waals surface area contributed by atoms with Gasteiger partial charge in [0.1, 0.15) is 22.7 Å². The number of pyridine rings is 1. The second-order valence-electron chi connectivity index (χ2n) is 7.59. The Morgan fingerprint density at radius 1 is 1.22 bits per heavy atom. The molecule has 10 heteroatoms. The van der Waals surface area contributed by atoms with Gasteiger partial charge in [0.25, 0.3) is 5.91 Å². The van der Waals surface area contributed by atoms with Crippen LogP contribution in [-0.4, -0.2) is 63.0 Å². The third-order valence-electron chi connectivity index (χ3n) is 5.65. The molecular formula is C22H22FN7O2. The normalized spacial score (nSPS) is 15.8. The van der Waals surface area contributed by atoms with E-state index in [9.17, 15) is 9.18 Å². The number of halogens is 1. The molecule has 0 spiro atoms. The Kier molecular flexibility index (Phi) is 5.38. The molecule has 1 aliphatic heterocycles. The van der Waals surface area contributed by atoms with Crippen LogP contribution in [0.1, 0.15) is 22.1 Å². The molecule has 1 amide bonds. The standard InChI is InChI=1S/C22H22FN7O2/c23-16-5-1-4-15-19(16)28-22(24)30-13-17(27-20(15)30)21(31)26-12-18(14-3-2-6-25-11-14)29-7-9-32-10-8-29/h1-6,11,13,18H,7-10,12H2,(H2,24,28)(H,26,31). The van der Waals surface area contributed by atoms with E-state index in [1.165, 1.54) is 16.7 Å². The summed E-state index contributed by atoms with van der Waals surface area (Å²) in [6.07, 6.45) is 5.05. The van der Waals surface area contributed by atoms with Crippen molar-refractivity contribution in [3.8, 4) is 0 Å². The highest BCUT2D eigenvalue weighted by molar-refractivity contribution is 5.97. The summed E-state index contributed by atoms with van der Waals surface area (Å²) in [6, 6.07) is 8.42. The minimum atomic E-state index is -0.490. The summed E-state index contributed by atoms with van der Waals surface area (Å²) in [7, 11) is 0. The maximum atomic E-state index is 14.2. The van der Waals surface area contributed by atoms with E-state index < -0.39 is 5.82 Å². The monoisotopic (exact) mass is 435 g/mol. The molecule has 1 saturated heterocycles. The SMILES string of the molecule is Nc1nc2c(F)cccc2c2nc(C(=O)NCC(c3cccnc3)N3CCOCC3)cn12. The molecule has 1 fully saturated rings. The van der Waals surface area contributed by atoms with Crippen LogP contribution in [-0.2, 0) is 4.74 Å². The average molecular weight is 435 g/mol. The molecule has 1 aliphatic rings. The van der Waals surface area contributed by atoms with Gasteiger partial charge in [-0.2, -0.15) is 0 Å². The van der Waals surface area contributed by atoms with Gasteiger partial charge in [-0.05, 0) is 23.8 Å². The number of imidazole rings is 1. The number of carbonyl (C=O) groups excluding carboxylic acids is 1. The summed E-state index contributed by atoms with van der Waals surface area (Å²) in [4.78, 5) is 28.0. The van der Waals surface area contributed by atoms with Crippen LogP contribution in [0.5, 0.6) is 0 Å². The highest BCUT2D eigenvalue weighted by Crippen LogP contribution is 2.24. The first-order chi connectivity index (χ1) is 15.6. The third-order valence-corrected chi connectivity index (χ3v) is 5.65. The fourth-order valence-corrected chi connectivity index (χ4v) is 4.03. The molecular weight excluding hydrogens is 413 g/mol. The molecule has 164 valence electrons. The predicted octanol–water partition coefficient (Wildman–Crippen LogP) is 1.80. The molecule has 3 N–H and O–H groups in total. The molecule has 3 aromatic heterocycles. The molecule has 0 aliphatic carbocycles. The molecule has 5 rings (SSSR count). The van der Waals surface area contributed by atoms with Gasteiger partial charge in [-0.3, -0.25) is 19.1 Å². The number of hydrogen-bond acceptors (Lipinski definition) is 7. The van der Waals surface area contributed by atoms with Gasteiger partial charge in [0.05, 0.1) is 19.3 Å². The number of ether oxygens (including phenoxy) is 1. The average Bonchev–Trinajstić information content (AvgIpc) is 3.28. The van der Waals surface area contributed by atoms with Crippen LogP contribution < -0.4 is 11.1 Å². The van der Waals surface area contributed by atoms with Crippen molar-refractivity contribution in [3.63, 3.8) is 0 Å². The first-order valence-corrected chi connectivity index (χ1v) is 10.3. The lowest BCUT2D eigenvalue weighted by Crippen LogP contribution is -2.43. The summed E-state index contributed by atoms with van der Waals surface area (Å²) in [5.41, 5.74) is 7.69. The van der Waals surface area contributed by atoms with Crippen molar-refractivity contribution in [1.82, 2.24) is 29.6 Å². The number of rotatable bonds is 5. The number of para-hydroxylation sites is 1. The lowest BCUT2D eigenvalue weighted by Gasteiger charge is -2.34. The van der Waals surface area contributed by atoms with Crippen LogP contribution in [0.4, 0.5) is 10.3 Å². The van der Waals surface area contributed by atoms with Crippen molar-refractivity contribution in [1.29, 1.82) is 0 Å². The van der Waals surface area contributed by atoms with Gasteiger partial charge in [-0.1, -0.05) is 12.1 Å². The second kappa shape index (κ2) is 8.48. The van der Waals surface area contributed by atoms with Crippen molar-refractivity contribution in [3.05, 3.63) is 66.0 Å². The van der Waals surface area contributed by atoms with Crippen LogP contribution in [0.15, 0.2) is 48.9 Å². The number of hydrogen-bond donors (Lipinski definition) is 2. The Bertz CT molecular complexity index is 1270. The quantitative estimate of drug-likeness (QED) is 0.492. The molecule has 1 atom stereocenters. The van der Waals surface area contributed by atoms with Crippen molar-refractivity contribution >= 4 is 28.4 Å². The van der Waals surface area contributed by atoms with Crippen molar-refractivity contribution in [2.45, 2.75) is 6.04 Å². The number of aromatic nitrogens is 4. The number of nitrogens with two attached hydrogens (primary N) is 1. The van der Waals surface area contributed by atoms with Crippen LogP contribution in [0.25, 0.3) is 16.6 Å². The molecule has 9 nitrogen and oxygen atoms in total. The number of morpholine rings is 1. The van der Waals surface area contributed by atoms with Gasteiger partial charge in [-0.15, -0.1) is 0 Å². The molecule has 0 radical (unpaired) electrons. The molecule has 1 aromatic carbocycles. The van der Waals surface area contributed by atoms with E-state index in [1.54, 1.807) is 18.3 Å². The van der Waals surface area contributed by atoms with Crippen LogP contribution >= 0.6 is 0 Å². The highest BCUT2D eigenvalue weighted by atomic mass is 19.1. The maximum Gasteiger partial charge on any atom is 0.271 e. The number of nitrogens with one attached hydrogen (secondary N) is 1. The van der Waals surface area contributed by atoms with Gasteiger partial charge in [0.2, 0.25) is 5.95 Å². The molecule has 0 bridgehead atoms. The Morgan fingerprint density at radius 3 is 2.84 bits per heavy atom. The van der Waals surface area contributed by atoms with Crippen LogP contribution in [0.2, 0.25) is 0 Å². The lowest BCUT2D eigenvalue weighted by atomic mass is 10.1. The third kappa shape index (κ3) is 3.74. The fraction of sp³-hybridized carbons (Fsp3) is 0.273. The number of anilines is 1. The first-order valence-electron chi connectivity index (χ1n) is 10.3. The Labute approximate surface area is 183 Å². The highest BCUT2D eigenvalue weighted by Gasteiger charge is 2.24. The van der Waals surface area contributed by atoms with Gasteiger partial charge in [0.15, 0.2) is 0 Å². The maximum absolute atomic E-state index is 14.2. The lowest BCUT2D eigenvalue weighted by molar-refractivity contribution is 0.0161. The van der Waals surface area contributed by atoms with Crippen molar-refractivity contribution in [2.24, 2.45) is 0 Å². The number of nitrogen functional groups attached to an aromatic ring is 1. The minimum absolute atomic E-state index is 0.0461. The molecule has 4 aromatic rings. The molecule has 32 heavy (non-hydrogen) atoms. The molecule has 0 saturated carbocycles. The van der Waals surface area contributed by atoms with E-state index in [2.05, 4.69) is 25.2 Å². The zero-order valence-electron chi connectivity index (χ0n) is 17.2.